The lowest BCUT2D eigenvalue weighted by Gasteiger charge is -2.24. The summed E-state index contributed by atoms with van der Waals surface area (Å²) in [5.74, 6) is 2.46. The lowest BCUT2D eigenvalue weighted by molar-refractivity contribution is 0.354. The molecule has 3 saturated heterocycles. The molecule has 3 fully saturated rings. The monoisotopic (exact) mass is 282 g/mol. The van der Waals surface area contributed by atoms with Gasteiger partial charge in [-0.15, -0.1) is 0 Å². The van der Waals surface area contributed by atoms with Gasteiger partial charge in [0.15, 0.2) is 0 Å². The highest BCUT2D eigenvalue weighted by atomic mass is 15.6. The molecule has 1 aromatic heterocycles. The molecule has 1 aromatic carbocycles. The van der Waals surface area contributed by atoms with Crippen LogP contribution in [0.3, 0.4) is 0 Å². The number of hydrogen-bond acceptors (Lipinski definition) is 5. The molecule has 6 heteroatoms. The van der Waals surface area contributed by atoms with Crippen molar-refractivity contribution >= 4 is 5.95 Å². The van der Waals surface area contributed by atoms with Crippen LogP contribution in [-0.4, -0.2) is 45.4 Å². The molecule has 0 amide bonds. The van der Waals surface area contributed by atoms with Gasteiger partial charge in [-0.25, -0.2) is 0 Å². The van der Waals surface area contributed by atoms with Crippen LogP contribution in [0, 0.1) is 11.8 Å². The van der Waals surface area contributed by atoms with Crippen LogP contribution in [0.15, 0.2) is 30.3 Å². The van der Waals surface area contributed by atoms with Crippen molar-refractivity contribution in [1.82, 2.24) is 25.5 Å². The van der Waals surface area contributed by atoms with E-state index >= 15 is 0 Å². The van der Waals surface area contributed by atoms with Crippen molar-refractivity contribution in [1.29, 1.82) is 0 Å². The Bertz CT molecular complexity index is 635. The van der Waals surface area contributed by atoms with Crippen LogP contribution in [0.25, 0.3) is 5.69 Å². The van der Waals surface area contributed by atoms with E-state index in [1.165, 1.54) is 12.8 Å². The molecule has 0 radical (unpaired) electrons. The first-order valence-electron chi connectivity index (χ1n) is 7.76. The second-order valence-electron chi connectivity index (χ2n) is 6.33. The zero-order valence-corrected chi connectivity index (χ0v) is 11.8. The molecule has 0 spiro atoms. The van der Waals surface area contributed by atoms with Crippen LogP contribution in [-0.2, 0) is 0 Å². The van der Waals surface area contributed by atoms with Gasteiger partial charge in [-0.1, -0.05) is 23.3 Å². The van der Waals surface area contributed by atoms with Gasteiger partial charge in [-0.2, -0.15) is 4.68 Å². The lowest BCUT2D eigenvalue weighted by Crippen LogP contribution is -2.36. The molecule has 3 aliphatic rings. The smallest absolute Gasteiger partial charge is 0.250 e. The standard InChI is InChI=1S/C15H18N6/c1-2-4-10(5-3-1)21-15(17-18-19-21)20-13-6-7-14(20)12-9-16-8-11(12)13/h1-5,11-14,16H,6-9H2/t11-,12+,13-,14+. The minimum atomic E-state index is 0.600. The van der Waals surface area contributed by atoms with Gasteiger partial charge in [0.05, 0.1) is 5.69 Å². The molecule has 3 aliphatic heterocycles. The average molecular weight is 282 g/mol. The summed E-state index contributed by atoms with van der Waals surface area (Å²) in [5.41, 5.74) is 1.03. The molecule has 5 rings (SSSR count). The van der Waals surface area contributed by atoms with Crippen LogP contribution in [0.5, 0.6) is 0 Å². The summed E-state index contributed by atoms with van der Waals surface area (Å²) in [4.78, 5) is 2.50. The maximum absolute atomic E-state index is 4.35. The molecule has 0 unspecified atom stereocenters. The first-order valence-corrected chi connectivity index (χ1v) is 7.76. The van der Waals surface area contributed by atoms with E-state index in [1.807, 2.05) is 22.9 Å². The zero-order valence-electron chi connectivity index (χ0n) is 11.8. The Balaban J connectivity index is 1.57. The highest BCUT2D eigenvalue weighted by Gasteiger charge is 2.55. The molecule has 2 aromatic rings. The molecular formula is C15H18N6. The number of nitrogens with zero attached hydrogens (tertiary/aromatic N) is 5. The molecule has 21 heavy (non-hydrogen) atoms. The van der Waals surface area contributed by atoms with Gasteiger partial charge in [-0.05, 0) is 47.2 Å². The van der Waals surface area contributed by atoms with Gasteiger partial charge in [0.2, 0.25) is 0 Å². The largest absolute Gasteiger partial charge is 0.333 e. The first-order chi connectivity index (χ1) is 10.4. The normalized spacial score (nSPS) is 33.6. The van der Waals surface area contributed by atoms with Gasteiger partial charge in [0.25, 0.3) is 5.95 Å². The van der Waals surface area contributed by atoms with Crippen LogP contribution in [0.2, 0.25) is 0 Å². The van der Waals surface area contributed by atoms with Crippen molar-refractivity contribution in [3.05, 3.63) is 30.3 Å². The van der Waals surface area contributed by atoms with Crippen LogP contribution in [0.1, 0.15) is 12.8 Å². The van der Waals surface area contributed by atoms with Crippen molar-refractivity contribution < 1.29 is 0 Å². The summed E-state index contributed by atoms with van der Waals surface area (Å²) in [6.07, 6.45) is 2.55. The fourth-order valence-corrected chi connectivity index (χ4v) is 4.64. The van der Waals surface area contributed by atoms with Crippen molar-refractivity contribution in [2.24, 2.45) is 11.8 Å². The number of para-hydroxylation sites is 1. The van der Waals surface area contributed by atoms with Crippen molar-refractivity contribution in [2.75, 3.05) is 18.0 Å². The Kier molecular flexibility index (Phi) is 2.38. The molecule has 108 valence electrons. The number of anilines is 1. The number of tetrazole rings is 1. The molecule has 4 heterocycles. The number of aromatic nitrogens is 4. The Labute approximate surface area is 123 Å². The third kappa shape index (κ3) is 1.53. The van der Waals surface area contributed by atoms with E-state index in [4.69, 9.17) is 0 Å². The number of rotatable bonds is 2. The second kappa shape index (κ2) is 4.27. The van der Waals surface area contributed by atoms with Gasteiger partial charge in [0.1, 0.15) is 0 Å². The molecule has 0 saturated carbocycles. The van der Waals surface area contributed by atoms with Crippen LogP contribution in [0.4, 0.5) is 5.95 Å². The fourth-order valence-electron chi connectivity index (χ4n) is 4.64. The SMILES string of the molecule is c1ccc(-n2nnnc2N2[C@@H]3CC[C@H]2[C@H]2CNC[C@H]23)cc1. The summed E-state index contributed by atoms with van der Waals surface area (Å²) in [5, 5.41) is 16.1. The minimum Gasteiger partial charge on any atom is -0.333 e. The van der Waals surface area contributed by atoms with E-state index in [-0.39, 0.29) is 0 Å². The third-order valence-electron chi connectivity index (χ3n) is 5.46. The number of benzene rings is 1. The predicted molar refractivity (Wildman–Crippen MR) is 78.3 cm³/mol. The van der Waals surface area contributed by atoms with Crippen LogP contribution >= 0.6 is 0 Å². The summed E-state index contributed by atoms with van der Waals surface area (Å²) in [6, 6.07) is 11.4. The maximum atomic E-state index is 4.35. The average Bonchev–Trinajstić information content (AvgIpc) is 3.28. The Morgan fingerprint density at radius 2 is 1.71 bits per heavy atom. The van der Waals surface area contributed by atoms with Crippen molar-refractivity contribution in [3.63, 3.8) is 0 Å². The highest BCUT2D eigenvalue weighted by molar-refractivity contribution is 5.46. The van der Waals surface area contributed by atoms with Gasteiger partial charge in [0, 0.05) is 25.2 Å². The van der Waals surface area contributed by atoms with E-state index in [1.54, 1.807) is 0 Å². The molecule has 2 bridgehead atoms. The van der Waals surface area contributed by atoms with Crippen molar-refractivity contribution in [3.8, 4) is 5.69 Å². The number of hydrogen-bond donors (Lipinski definition) is 1. The lowest BCUT2D eigenvalue weighted by atomic mass is 9.82. The fraction of sp³-hybridized carbons (Fsp3) is 0.533. The van der Waals surface area contributed by atoms with Crippen molar-refractivity contribution in [2.45, 2.75) is 24.9 Å². The summed E-state index contributed by atoms with van der Waals surface area (Å²) in [7, 11) is 0. The second-order valence-corrected chi connectivity index (χ2v) is 6.33. The van der Waals surface area contributed by atoms with Gasteiger partial charge >= 0.3 is 0 Å². The maximum Gasteiger partial charge on any atom is 0.250 e. The van der Waals surface area contributed by atoms with E-state index in [2.05, 4.69) is 37.9 Å². The van der Waals surface area contributed by atoms with E-state index < -0.39 is 0 Å². The molecular weight excluding hydrogens is 264 g/mol. The van der Waals surface area contributed by atoms with Gasteiger partial charge in [-0.3, -0.25) is 0 Å². The quantitative estimate of drug-likeness (QED) is 0.885. The highest BCUT2D eigenvalue weighted by Crippen LogP contribution is 2.48. The van der Waals surface area contributed by atoms with E-state index in [0.717, 1.165) is 36.6 Å². The molecule has 4 atom stereocenters. The molecule has 0 aliphatic carbocycles. The van der Waals surface area contributed by atoms with E-state index in [9.17, 15) is 0 Å². The minimum absolute atomic E-state index is 0.600. The first kappa shape index (κ1) is 11.7. The Morgan fingerprint density at radius 3 is 2.43 bits per heavy atom. The van der Waals surface area contributed by atoms with E-state index in [0.29, 0.717) is 12.1 Å². The topological polar surface area (TPSA) is 58.9 Å². The Morgan fingerprint density at radius 1 is 1.00 bits per heavy atom. The Hall–Kier alpha value is -1.95. The summed E-state index contributed by atoms with van der Waals surface area (Å²) in [6.45, 7) is 2.30. The number of fused-ring (bicyclic) bond motifs is 5. The van der Waals surface area contributed by atoms with Gasteiger partial charge < -0.3 is 10.2 Å². The van der Waals surface area contributed by atoms with Crippen LogP contribution < -0.4 is 10.2 Å². The molecule has 6 nitrogen and oxygen atoms in total. The third-order valence-corrected chi connectivity index (χ3v) is 5.46. The zero-order chi connectivity index (χ0) is 13.8. The predicted octanol–water partition coefficient (Wildman–Crippen LogP) is 0.849. The number of nitrogens with one attached hydrogen (secondary N) is 1. The summed E-state index contributed by atoms with van der Waals surface area (Å²) < 4.78 is 1.89. The molecule has 1 N–H and O–H groups in total. The summed E-state index contributed by atoms with van der Waals surface area (Å²) >= 11 is 0.